The molecule has 3 aliphatic rings. The van der Waals surface area contributed by atoms with Gasteiger partial charge in [-0.1, -0.05) is 6.92 Å². The van der Waals surface area contributed by atoms with Crippen LogP contribution >= 0.6 is 0 Å². The van der Waals surface area contributed by atoms with Crippen LogP contribution in [0.5, 0.6) is 0 Å². The highest BCUT2D eigenvalue weighted by Gasteiger charge is 2.54. The van der Waals surface area contributed by atoms with Gasteiger partial charge in [0.15, 0.2) is 0 Å². The van der Waals surface area contributed by atoms with E-state index in [-0.39, 0.29) is 35.4 Å². The lowest BCUT2D eigenvalue weighted by Gasteiger charge is -2.53. The van der Waals surface area contributed by atoms with Crippen molar-refractivity contribution < 1.29 is 19.1 Å². The topological polar surface area (TPSA) is 60.4 Å². The van der Waals surface area contributed by atoms with E-state index in [4.69, 9.17) is 4.74 Å². The Morgan fingerprint density at radius 3 is 2.62 bits per heavy atom. The molecule has 0 aromatic heterocycles. The van der Waals surface area contributed by atoms with Crippen LogP contribution in [-0.4, -0.2) is 24.6 Å². The lowest BCUT2D eigenvalue weighted by molar-refractivity contribution is -0.153. The van der Waals surface area contributed by atoms with E-state index < -0.39 is 0 Å². The molecule has 3 rings (SSSR count). The first-order valence-corrected chi connectivity index (χ1v) is 8.15. The zero-order valence-corrected chi connectivity index (χ0v) is 12.8. The molecule has 0 radical (unpaired) electrons. The summed E-state index contributed by atoms with van der Waals surface area (Å²) < 4.78 is 4.80. The number of esters is 1. The van der Waals surface area contributed by atoms with Crippen molar-refractivity contribution in [1.82, 2.24) is 0 Å². The summed E-state index contributed by atoms with van der Waals surface area (Å²) in [6.45, 7) is 2.22. The maximum atomic E-state index is 12.5. The van der Waals surface area contributed by atoms with Gasteiger partial charge >= 0.3 is 5.97 Å². The summed E-state index contributed by atoms with van der Waals surface area (Å²) in [4.78, 5) is 36.4. The van der Waals surface area contributed by atoms with Crippen LogP contribution in [0, 0.1) is 35.5 Å². The van der Waals surface area contributed by atoms with Crippen molar-refractivity contribution in [3.05, 3.63) is 0 Å². The van der Waals surface area contributed by atoms with Crippen molar-refractivity contribution in [1.29, 1.82) is 0 Å². The Balaban J connectivity index is 1.91. The molecular formula is C17H24O4. The maximum absolute atomic E-state index is 12.5. The smallest absolute Gasteiger partial charge is 0.305 e. The lowest BCUT2D eigenvalue weighted by Crippen LogP contribution is -2.53. The molecule has 0 aromatic carbocycles. The molecule has 0 heterocycles. The molecule has 0 aromatic rings. The molecule has 6 atom stereocenters. The fourth-order valence-electron chi connectivity index (χ4n) is 5.30. The van der Waals surface area contributed by atoms with Crippen LogP contribution < -0.4 is 0 Å². The van der Waals surface area contributed by atoms with Crippen molar-refractivity contribution in [3.63, 3.8) is 0 Å². The van der Waals surface area contributed by atoms with E-state index >= 15 is 0 Å². The third kappa shape index (κ3) is 2.43. The van der Waals surface area contributed by atoms with Crippen LogP contribution in [0.25, 0.3) is 0 Å². The Labute approximate surface area is 125 Å². The zero-order valence-electron chi connectivity index (χ0n) is 12.8. The van der Waals surface area contributed by atoms with E-state index in [0.717, 1.165) is 19.3 Å². The summed E-state index contributed by atoms with van der Waals surface area (Å²) in [5.74, 6) is 1.58. The predicted octanol–water partition coefficient (Wildman–Crippen LogP) is 2.40. The standard InChI is InChI=1S/C17H24O4/c1-9-7-10(8-15(20)21-2)16-14(19)6-4-12-13(18)5-3-11(9)17(12)16/h9-12,16-17H,3-8H2,1-2H3/t9-,10-,11+,12+,16+,17+/m0/s1. The van der Waals surface area contributed by atoms with E-state index in [0.29, 0.717) is 36.9 Å². The molecule has 0 saturated heterocycles. The van der Waals surface area contributed by atoms with Crippen LogP contribution in [0.15, 0.2) is 0 Å². The van der Waals surface area contributed by atoms with Crippen LogP contribution in [0.3, 0.4) is 0 Å². The van der Waals surface area contributed by atoms with Crippen LogP contribution in [0.2, 0.25) is 0 Å². The molecule has 0 unspecified atom stereocenters. The molecule has 4 nitrogen and oxygen atoms in total. The van der Waals surface area contributed by atoms with Gasteiger partial charge in [-0.3, -0.25) is 14.4 Å². The third-order valence-electron chi connectivity index (χ3n) is 6.15. The van der Waals surface area contributed by atoms with E-state index in [1.165, 1.54) is 7.11 Å². The first-order valence-electron chi connectivity index (χ1n) is 8.15. The summed E-state index contributed by atoms with van der Waals surface area (Å²) in [5, 5.41) is 0. The van der Waals surface area contributed by atoms with Crippen molar-refractivity contribution >= 4 is 17.5 Å². The highest BCUT2D eigenvalue weighted by atomic mass is 16.5. The monoisotopic (exact) mass is 292 g/mol. The maximum Gasteiger partial charge on any atom is 0.305 e. The van der Waals surface area contributed by atoms with Crippen LogP contribution in [-0.2, 0) is 19.1 Å². The minimum absolute atomic E-state index is 0.0642. The number of carbonyl (C=O) groups excluding carboxylic acids is 3. The van der Waals surface area contributed by atoms with Crippen molar-refractivity contribution in [2.75, 3.05) is 7.11 Å². The first kappa shape index (κ1) is 14.7. The fourth-order valence-corrected chi connectivity index (χ4v) is 5.30. The van der Waals surface area contributed by atoms with Gasteiger partial charge in [0.25, 0.3) is 0 Å². The number of Topliss-reactive ketones (excluding diaryl/α,β-unsaturated/α-hetero) is 2. The van der Waals surface area contributed by atoms with Gasteiger partial charge in [-0.15, -0.1) is 0 Å². The molecule has 3 aliphatic carbocycles. The second kappa shape index (κ2) is 5.54. The molecule has 4 heteroatoms. The number of ketones is 2. The predicted molar refractivity (Wildman–Crippen MR) is 76.3 cm³/mol. The molecule has 0 N–H and O–H groups in total. The Morgan fingerprint density at radius 2 is 1.90 bits per heavy atom. The first-order chi connectivity index (χ1) is 10.0. The molecular weight excluding hydrogens is 268 g/mol. The third-order valence-corrected chi connectivity index (χ3v) is 6.15. The summed E-state index contributed by atoms with van der Waals surface area (Å²) >= 11 is 0. The lowest BCUT2D eigenvalue weighted by atomic mass is 9.50. The average Bonchev–Trinajstić information content (AvgIpc) is 2.46. The second-order valence-corrected chi connectivity index (χ2v) is 7.14. The number of methoxy groups -OCH3 is 1. The zero-order chi connectivity index (χ0) is 15.1. The highest BCUT2D eigenvalue weighted by Crippen LogP contribution is 2.55. The quantitative estimate of drug-likeness (QED) is 0.733. The number of hydrogen-bond acceptors (Lipinski definition) is 4. The normalized spacial score (nSPS) is 42.4. The van der Waals surface area contributed by atoms with Crippen LogP contribution in [0.1, 0.15) is 45.4 Å². The fraction of sp³-hybridized carbons (Fsp3) is 0.824. The summed E-state index contributed by atoms with van der Waals surface area (Å²) in [6.07, 6.45) is 4.08. The SMILES string of the molecule is COC(=O)C[C@@H]1C[C@H](C)[C@H]2CCC(=O)[C@H]3CCC(=O)[C@@H]1[C@H]23. The van der Waals surface area contributed by atoms with Gasteiger partial charge in [-0.05, 0) is 42.9 Å². The molecule has 0 aliphatic heterocycles. The van der Waals surface area contributed by atoms with Crippen molar-refractivity contribution in [3.8, 4) is 0 Å². The van der Waals surface area contributed by atoms with Gasteiger partial charge in [0.2, 0.25) is 0 Å². The number of hydrogen-bond donors (Lipinski definition) is 0. The van der Waals surface area contributed by atoms with Crippen molar-refractivity contribution in [2.24, 2.45) is 35.5 Å². The van der Waals surface area contributed by atoms with Gasteiger partial charge in [0, 0.05) is 31.1 Å². The Hall–Kier alpha value is -1.19. The second-order valence-electron chi connectivity index (χ2n) is 7.14. The molecule has 3 fully saturated rings. The van der Waals surface area contributed by atoms with E-state index in [9.17, 15) is 14.4 Å². The Kier molecular flexibility index (Phi) is 3.89. The Morgan fingerprint density at radius 1 is 1.19 bits per heavy atom. The number of ether oxygens (including phenoxy) is 1. The highest BCUT2D eigenvalue weighted by molar-refractivity contribution is 5.89. The molecule has 21 heavy (non-hydrogen) atoms. The van der Waals surface area contributed by atoms with E-state index in [1.54, 1.807) is 0 Å². The summed E-state index contributed by atoms with van der Waals surface area (Å²) in [5.41, 5.74) is 0. The van der Waals surface area contributed by atoms with E-state index in [1.807, 2.05) is 0 Å². The van der Waals surface area contributed by atoms with Crippen molar-refractivity contribution in [2.45, 2.75) is 45.4 Å². The van der Waals surface area contributed by atoms with Gasteiger partial charge < -0.3 is 4.74 Å². The summed E-state index contributed by atoms with van der Waals surface area (Å²) in [7, 11) is 1.40. The van der Waals surface area contributed by atoms with Gasteiger partial charge in [-0.2, -0.15) is 0 Å². The molecule has 116 valence electrons. The van der Waals surface area contributed by atoms with Crippen LogP contribution in [0.4, 0.5) is 0 Å². The average molecular weight is 292 g/mol. The number of rotatable bonds is 2. The van der Waals surface area contributed by atoms with Gasteiger partial charge in [0.1, 0.15) is 11.6 Å². The minimum Gasteiger partial charge on any atom is -0.469 e. The van der Waals surface area contributed by atoms with Gasteiger partial charge in [0.05, 0.1) is 7.11 Å². The van der Waals surface area contributed by atoms with Gasteiger partial charge in [-0.25, -0.2) is 0 Å². The van der Waals surface area contributed by atoms with E-state index in [2.05, 4.69) is 6.92 Å². The molecule has 0 amide bonds. The Bertz CT molecular complexity index is 469. The largest absolute Gasteiger partial charge is 0.469 e. The summed E-state index contributed by atoms with van der Waals surface area (Å²) in [6, 6.07) is 0. The number of carbonyl (C=O) groups is 3. The molecule has 3 saturated carbocycles. The molecule has 0 spiro atoms. The minimum atomic E-state index is -0.234. The molecule has 0 bridgehead atoms.